The minimum atomic E-state index is -0.335. The lowest BCUT2D eigenvalue weighted by Crippen LogP contribution is -2.47. The van der Waals surface area contributed by atoms with E-state index >= 15 is 0 Å². The van der Waals surface area contributed by atoms with Crippen LogP contribution in [0.3, 0.4) is 0 Å². The van der Waals surface area contributed by atoms with Crippen LogP contribution in [0.4, 0.5) is 0 Å². The van der Waals surface area contributed by atoms with Gasteiger partial charge in [0.05, 0.1) is 12.2 Å². The molecule has 13 heavy (non-hydrogen) atoms. The molecule has 2 unspecified atom stereocenters. The van der Waals surface area contributed by atoms with E-state index in [1.807, 2.05) is 14.0 Å². The summed E-state index contributed by atoms with van der Waals surface area (Å²) in [6.45, 7) is 3.79. The zero-order valence-corrected chi connectivity index (χ0v) is 8.77. The molecule has 0 saturated heterocycles. The van der Waals surface area contributed by atoms with E-state index in [1.54, 1.807) is 6.92 Å². The highest BCUT2D eigenvalue weighted by Crippen LogP contribution is 2.25. The number of likely N-dealkylation sites (N-methyl/N-ethyl adjacent to an activating group) is 1. The van der Waals surface area contributed by atoms with E-state index in [0.717, 1.165) is 19.3 Å². The zero-order valence-electron chi connectivity index (χ0n) is 8.77. The Morgan fingerprint density at radius 2 is 1.92 bits per heavy atom. The summed E-state index contributed by atoms with van der Waals surface area (Å²) in [5.74, 6) is 0. The molecule has 0 aliphatic heterocycles. The summed E-state index contributed by atoms with van der Waals surface area (Å²) >= 11 is 0. The minimum absolute atomic E-state index is 0.123. The molecule has 0 bridgehead atoms. The Hall–Kier alpha value is -0.120. The first kappa shape index (κ1) is 11.0. The predicted molar refractivity (Wildman–Crippen MR) is 52.6 cm³/mol. The monoisotopic (exact) mass is 187 g/mol. The summed E-state index contributed by atoms with van der Waals surface area (Å²) in [7, 11) is 1.98. The average Bonchev–Trinajstić information content (AvgIpc) is 2.48. The van der Waals surface area contributed by atoms with Crippen LogP contribution in [0.5, 0.6) is 0 Å². The van der Waals surface area contributed by atoms with Gasteiger partial charge in [-0.2, -0.15) is 0 Å². The van der Waals surface area contributed by atoms with Crippen LogP contribution in [-0.4, -0.2) is 46.5 Å². The molecule has 1 rings (SSSR count). The first-order valence-corrected chi connectivity index (χ1v) is 5.12. The largest absolute Gasteiger partial charge is 0.392 e. The number of hydrogen-bond donors (Lipinski definition) is 2. The Kier molecular flexibility index (Phi) is 3.71. The summed E-state index contributed by atoms with van der Waals surface area (Å²) in [6, 6.07) is 0.363. The second-order valence-electron chi connectivity index (χ2n) is 4.21. The van der Waals surface area contributed by atoms with E-state index in [4.69, 9.17) is 0 Å². The summed E-state index contributed by atoms with van der Waals surface area (Å²) < 4.78 is 0. The fourth-order valence-corrected chi connectivity index (χ4v) is 2.04. The molecular formula is C10H21NO2. The standard InChI is InChI=1S/C10H21NO2/c1-7(8(2)12)11(3)9-5-4-6-10(9)13/h7-10,12-13H,4-6H2,1-3H3/t7?,8?,9-,10-/m1/s1. The third kappa shape index (κ3) is 2.42. The van der Waals surface area contributed by atoms with Gasteiger partial charge >= 0.3 is 0 Å². The lowest BCUT2D eigenvalue weighted by molar-refractivity contribution is 0.0195. The van der Waals surface area contributed by atoms with Crippen molar-refractivity contribution in [1.29, 1.82) is 0 Å². The molecule has 1 aliphatic carbocycles. The van der Waals surface area contributed by atoms with Crippen LogP contribution in [0.2, 0.25) is 0 Å². The maximum Gasteiger partial charge on any atom is 0.0695 e. The van der Waals surface area contributed by atoms with Gasteiger partial charge in [0.2, 0.25) is 0 Å². The van der Waals surface area contributed by atoms with Crippen molar-refractivity contribution in [2.45, 2.75) is 57.4 Å². The van der Waals surface area contributed by atoms with Gasteiger partial charge in [0.25, 0.3) is 0 Å². The highest BCUT2D eigenvalue weighted by Gasteiger charge is 2.31. The minimum Gasteiger partial charge on any atom is -0.392 e. The van der Waals surface area contributed by atoms with Gasteiger partial charge in [-0.05, 0) is 40.2 Å². The van der Waals surface area contributed by atoms with Crippen molar-refractivity contribution >= 4 is 0 Å². The van der Waals surface area contributed by atoms with Crippen molar-refractivity contribution in [2.75, 3.05) is 7.05 Å². The van der Waals surface area contributed by atoms with Gasteiger partial charge < -0.3 is 10.2 Å². The second-order valence-corrected chi connectivity index (χ2v) is 4.21. The maximum absolute atomic E-state index is 9.67. The van der Waals surface area contributed by atoms with Crippen LogP contribution in [0.25, 0.3) is 0 Å². The van der Waals surface area contributed by atoms with Gasteiger partial charge in [-0.1, -0.05) is 0 Å². The number of nitrogens with zero attached hydrogens (tertiary/aromatic N) is 1. The summed E-state index contributed by atoms with van der Waals surface area (Å²) in [6.07, 6.45) is 2.52. The van der Waals surface area contributed by atoms with Crippen LogP contribution in [0.1, 0.15) is 33.1 Å². The maximum atomic E-state index is 9.67. The van der Waals surface area contributed by atoms with Crippen molar-refractivity contribution < 1.29 is 10.2 Å². The van der Waals surface area contributed by atoms with Crippen LogP contribution >= 0.6 is 0 Å². The van der Waals surface area contributed by atoms with E-state index in [1.165, 1.54) is 0 Å². The van der Waals surface area contributed by atoms with E-state index in [9.17, 15) is 10.2 Å². The Morgan fingerprint density at radius 3 is 2.31 bits per heavy atom. The van der Waals surface area contributed by atoms with Crippen molar-refractivity contribution in [3.05, 3.63) is 0 Å². The van der Waals surface area contributed by atoms with Gasteiger partial charge in [-0.3, -0.25) is 4.90 Å². The molecule has 3 heteroatoms. The lowest BCUT2D eigenvalue weighted by Gasteiger charge is -2.34. The van der Waals surface area contributed by atoms with E-state index in [0.29, 0.717) is 0 Å². The third-order valence-corrected chi connectivity index (χ3v) is 3.31. The van der Waals surface area contributed by atoms with Crippen LogP contribution in [0.15, 0.2) is 0 Å². The molecule has 1 aliphatic rings. The average molecular weight is 187 g/mol. The second kappa shape index (κ2) is 4.40. The first-order valence-electron chi connectivity index (χ1n) is 5.12. The quantitative estimate of drug-likeness (QED) is 0.680. The molecule has 0 aromatic rings. The van der Waals surface area contributed by atoms with E-state index in [-0.39, 0.29) is 24.3 Å². The van der Waals surface area contributed by atoms with Crippen LogP contribution in [0, 0.1) is 0 Å². The van der Waals surface area contributed by atoms with Gasteiger partial charge in [0.1, 0.15) is 0 Å². The smallest absolute Gasteiger partial charge is 0.0695 e. The number of aliphatic hydroxyl groups is 2. The SMILES string of the molecule is CC(O)C(C)N(C)[C@@H]1CCC[C@H]1O. The van der Waals surface area contributed by atoms with Crippen LogP contribution in [-0.2, 0) is 0 Å². The molecule has 78 valence electrons. The molecule has 3 nitrogen and oxygen atoms in total. The molecule has 0 aromatic heterocycles. The molecule has 4 atom stereocenters. The zero-order chi connectivity index (χ0) is 10.0. The molecule has 0 aromatic carbocycles. The Morgan fingerprint density at radius 1 is 1.31 bits per heavy atom. The van der Waals surface area contributed by atoms with Crippen molar-refractivity contribution in [1.82, 2.24) is 4.90 Å². The van der Waals surface area contributed by atoms with Gasteiger partial charge in [0, 0.05) is 12.1 Å². The fourth-order valence-electron chi connectivity index (χ4n) is 2.04. The number of aliphatic hydroxyl groups excluding tert-OH is 2. The fraction of sp³-hybridized carbons (Fsp3) is 1.00. The Balaban J connectivity index is 2.50. The highest BCUT2D eigenvalue weighted by molar-refractivity contribution is 4.86. The summed E-state index contributed by atoms with van der Waals surface area (Å²) in [5.41, 5.74) is 0. The van der Waals surface area contributed by atoms with Crippen molar-refractivity contribution in [3.63, 3.8) is 0 Å². The molecule has 1 fully saturated rings. The summed E-state index contributed by atoms with van der Waals surface area (Å²) in [4.78, 5) is 2.10. The summed E-state index contributed by atoms with van der Waals surface area (Å²) in [5, 5.41) is 19.1. The van der Waals surface area contributed by atoms with Crippen LogP contribution < -0.4 is 0 Å². The first-order chi connectivity index (χ1) is 6.04. The molecule has 1 saturated carbocycles. The van der Waals surface area contributed by atoms with E-state index in [2.05, 4.69) is 4.90 Å². The molecule has 2 N–H and O–H groups in total. The molecule has 0 spiro atoms. The van der Waals surface area contributed by atoms with Gasteiger partial charge in [0.15, 0.2) is 0 Å². The van der Waals surface area contributed by atoms with E-state index < -0.39 is 0 Å². The van der Waals surface area contributed by atoms with Crippen molar-refractivity contribution in [2.24, 2.45) is 0 Å². The van der Waals surface area contributed by atoms with Gasteiger partial charge in [-0.15, -0.1) is 0 Å². The molecule has 0 heterocycles. The Bertz CT molecular complexity index is 161. The topological polar surface area (TPSA) is 43.7 Å². The number of hydrogen-bond acceptors (Lipinski definition) is 3. The number of rotatable bonds is 3. The third-order valence-electron chi connectivity index (χ3n) is 3.31. The van der Waals surface area contributed by atoms with Gasteiger partial charge in [-0.25, -0.2) is 0 Å². The molecule has 0 amide bonds. The lowest BCUT2D eigenvalue weighted by atomic mass is 10.1. The molecular weight excluding hydrogens is 166 g/mol. The Labute approximate surface area is 80.4 Å². The molecule has 0 radical (unpaired) electrons. The normalized spacial score (nSPS) is 33.7. The predicted octanol–water partition coefficient (Wildman–Crippen LogP) is 0.601. The van der Waals surface area contributed by atoms with Crippen molar-refractivity contribution in [3.8, 4) is 0 Å². The highest BCUT2D eigenvalue weighted by atomic mass is 16.3.